The Bertz CT molecular complexity index is 596. The standard InChI is InChI=1S/C16H23BrN4/c1-16(2,3)15-13(10-21(4)20-15)14(9-18)19-12-7-5-11(17)6-8-12/h5-8,10,14,19H,9,18H2,1-4H3. The zero-order chi connectivity index (χ0) is 15.6. The molecule has 0 amide bonds. The summed E-state index contributed by atoms with van der Waals surface area (Å²) in [7, 11) is 1.95. The number of nitrogens with zero attached hydrogens (tertiary/aromatic N) is 2. The van der Waals surface area contributed by atoms with E-state index in [4.69, 9.17) is 5.73 Å². The van der Waals surface area contributed by atoms with E-state index in [1.165, 1.54) is 0 Å². The summed E-state index contributed by atoms with van der Waals surface area (Å²) in [4.78, 5) is 0. The smallest absolute Gasteiger partial charge is 0.0731 e. The fraction of sp³-hybridized carbons (Fsp3) is 0.438. The molecule has 3 N–H and O–H groups in total. The van der Waals surface area contributed by atoms with Gasteiger partial charge < -0.3 is 11.1 Å². The van der Waals surface area contributed by atoms with Crippen molar-refractivity contribution in [2.75, 3.05) is 11.9 Å². The average Bonchev–Trinajstić information content (AvgIpc) is 2.80. The van der Waals surface area contributed by atoms with Crippen LogP contribution in [0.4, 0.5) is 5.69 Å². The lowest BCUT2D eigenvalue weighted by Gasteiger charge is -2.23. The summed E-state index contributed by atoms with van der Waals surface area (Å²) in [5.41, 5.74) is 9.29. The predicted molar refractivity (Wildman–Crippen MR) is 91.5 cm³/mol. The highest BCUT2D eigenvalue weighted by atomic mass is 79.9. The number of nitrogens with two attached hydrogens (primary N) is 1. The highest BCUT2D eigenvalue weighted by Crippen LogP contribution is 2.30. The van der Waals surface area contributed by atoms with Crippen molar-refractivity contribution in [3.63, 3.8) is 0 Å². The molecule has 5 heteroatoms. The molecule has 0 radical (unpaired) electrons. The van der Waals surface area contributed by atoms with E-state index < -0.39 is 0 Å². The molecule has 2 aromatic rings. The number of aromatic nitrogens is 2. The number of anilines is 1. The molecule has 21 heavy (non-hydrogen) atoms. The molecule has 4 nitrogen and oxygen atoms in total. The molecule has 0 spiro atoms. The van der Waals surface area contributed by atoms with Gasteiger partial charge in [-0.15, -0.1) is 0 Å². The Morgan fingerprint density at radius 2 is 1.90 bits per heavy atom. The van der Waals surface area contributed by atoms with E-state index in [1.54, 1.807) is 0 Å². The first-order chi connectivity index (χ1) is 9.81. The van der Waals surface area contributed by atoms with Gasteiger partial charge in [-0.1, -0.05) is 36.7 Å². The Morgan fingerprint density at radius 3 is 2.43 bits per heavy atom. The lowest BCUT2D eigenvalue weighted by atomic mass is 9.87. The molecule has 1 unspecified atom stereocenters. The van der Waals surface area contributed by atoms with Crippen LogP contribution in [-0.2, 0) is 12.5 Å². The van der Waals surface area contributed by atoms with E-state index in [0.717, 1.165) is 21.4 Å². The predicted octanol–water partition coefficient (Wildman–Crippen LogP) is 3.59. The van der Waals surface area contributed by atoms with Crippen molar-refractivity contribution in [3.05, 3.63) is 46.2 Å². The highest BCUT2D eigenvalue weighted by Gasteiger charge is 2.26. The molecule has 1 aromatic carbocycles. The Balaban J connectivity index is 2.31. The third-order valence-corrected chi connectivity index (χ3v) is 3.89. The van der Waals surface area contributed by atoms with Crippen molar-refractivity contribution < 1.29 is 0 Å². The number of nitrogens with one attached hydrogen (secondary N) is 1. The van der Waals surface area contributed by atoms with Gasteiger partial charge in [-0.25, -0.2) is 0 Å². The summed E-state index contributed by atoms with van der Waals surface area (Å²) in [6.45, 7) is 7.04. The van der Waals surface area contributed by atoms with Crippen molar-refractivity contribution in [1.82, 2.24) is 9.78 Å². The number of rotatable bonds is 4. The Labute approximate surface area is 134 Å². The maximum absolute atomic E-state index is 6.00. The summed E-state index contributed by atoms with van der Waals surface area (Å²) < 4.78 is 2.93. The van der Waals surface area contributed by atoms with Gasteiger partial charge in [-0.3, -0.25) is 4.68 Å². The second-order valence-electron chi connectivity index (χ2n) is 6.30. The molecular weight excluding hydrogens is 328 g/mol. The minimum absolute atomic E-state index is 0.00852. The maximum atomic E-state index is 6.00. The van der Waals surface area contributed by atoms with Gasteiger partial charge in [-0.2, -0.15) is 5.10 Å². The van der Waals surface area contributed by atoms with Crippen molar-refractivity contribution in [2.45, 2.75) is 32.2 Å². The van der Waals surface area contributed by atoms with Crippen molar-refractivity contribution in [1.29, 1.82) is 0 Å². The quantitative estimate of drug-likeness (QED) is 0.885. The van der Waals surface area contributed by atoms with Gasteiger partial charge >= 0.3 is 0 Å². The van der Waals surface area contributed by atoms with Crippen molar-refractivity contribution in [2.24, 2.45) is 12.8 Å². The molecule has 0 saturated heterocycles. The first-order valence-corrected chi connectivity index (χ1v) is 7.86. The molecule has 1 atom stereocenters. The summed E-state index contributed by atoms with van der Waals surface area (Å²) >= 11 is 3.45. The van der Waals surface area contributed by atoms with Crippen LogP contribution in [0.3, 0.4) is 0 Å². The van der Waals surface area contributed by atoms with Crippen LogP contribution >= 0.6 is 15.9 Å². The number of halogens is 1. The Kier molecular flexibility index (Phi) is 4.74. The van der Waals surface area contributed by atoms with Crippen LogP contribution in [0.25, 0.3) is 0 Å². The Morgan fingerprint density at radius 1 is 1.29 bits per heavy atom. The van der Waals surface area contributed by atoms with Crippen LogP contribution in [0.1, 0.15) is 38.1 Å². The molecule has 0 aliphatic rings. The summed E-state index contributed by atoms with van der Waals surface area (Å²) in [5, 5.41) is 8.12. The van der Waals surface area contributed by atoms with Gasteiger partial charge in [0.05, 0.1) is 11.7 Å². The molecule has 1 aromatic heterocycles. The van der Waals surface area contributed by atoms with Gasteiger partial charge in [0.1, 0.15) is 0 Å². The second kappa shape index (κ2) is 6.20. The lowest BCUT2D eigenvalue weighted by molar-refractivity contribution is 0.544. The summed E-state index contributed by atoms with van der Waals surface area (Å²) in [6.07, 6.45) is 2.06. The first kappa shape index (κ1) is 16.0. The van der Waals surface area contributed by atoms with Crippen LogP contribution in [0.2, 0.25) is 0 Å². The molecule has 2 rings (SSSR count). The minimum Gasteiger partial charge on any atom is -0.377 e. The van der Waals surface area contributed by atoms with Crippen LogP contribution < -0.4 is 11.1 Å². The third-order valence-electron chi connectivity index (χ3n) is 3.36. The van der Waals surface area contributed by atoms with Crippen LogP contribution in [-0.4, -0.2) is 16.3 Å². The number of aryl methyl sites for hydroxylation is 1. The molecular formula is C16H23BrN4. The number of hydrogen-bond donors (Lipinski definition) is 2. The average molecular weight is 351 g/mol. The summed E-state index contributed by atoms with van der Waals surface area (Å²) in [5.74, 6) is 0. The summed E-state index contributed by atoms with van der Waals surface area (Å²) in [6, 6.07) is 8.17. The van der Waals surface area contributed by atoms with Crippen molar-refractivity contribution in [3.8, 4) is 0 Å². The van der Waals surface area contributed by atoms with Gasteiger partial charge in [0.2, 0.25) is 0 Å². The van der Waals surface area contributed by atoms with E-state index >= 15 is 0 Å². The number of hydrogen-bond acceptors (Lipinski definition) is 3. The first-order valence-electron chi connectivity index (χ1n) is 7.07. The van der Waals surface area contributed by atoms with E-state index in [9.17, 15) is 0 Å². The van der Waals surface area contributed by atoms with E-state index in [1.807, 2.05) is 36.0 Å². The van der Waals surface area contributed by atoms with Crippen molar-refractivity contribution >= 4 is 21.6 Å². The third kappa shape index (κ3) is 3.86. The van der Waals surface area contributed by atoms with Gasteiger partial charge in [0.15, 0.2) is 0 Å². The van der Waals surface area contributed by atoms with E-state index in [-0.39, 0.29) is 11.5 Å². The number of benzene rings is 1. The minimum atomic E-state index is -0.00852. The molecule has 0 aliphatic heterocycles. The molecule has 1 heterocycles. The zero-order valence-corrected chi connectivity index (χ0v) is 14.6. The molecule has 0 fully saturated rings. The molecule has 0 saturated carbocycles. The maximum Gasteiger partial charge on any atom is 0.0731 e. The molecule has 0 bridgehead atoms. The second-order valence-corrected chi connectivity index (χ2v) is 7.21. The fourth-order valence-corrected chi connectivity index (χ4v) is 2.62. The topological polar surface area (TPSA) is 55.9 Å². The molecule has 0 aliphatic carbocycles. The van der Waals surface area contributed by atoms with Gasteiger partial charge in [-0.05, 0) is 24.3 Å². The lowest BCUT2D eigenvalue weighted by Crippen LogP contribution is -2.24. The monoisotopic (exact) mass is 350 g/mol. The largest absolute Gasteiger partial charge is 0.377 e. The fourth-order valence-electron chi connectivity index (χ4n) is 2.36. The van der Waals surface area contributed by atoms with Crippen LogP contribution in [0, 0.1) is 0 Å². The van der Waals surface area contributed by atoms with Gasteiger partial charge in [0, 0.05) is 40.9 Å². The van der Waals surface area contributed by atoms with Crippen LogP contribution in [0.5, 0.6) is 0 Å². The van der Waals surface area contributed by atoms with E-state index in [0.29, 0.717) is 6.54 Å². The van der Waals surface area contributed by atoms with E-state index in [2.05, 4.69) is 53.3 Å². The SMILES string of the molecule is Cn1cc(C(CN)Nc2ccc(Br)cc2)c(C(C)(C)C)n1. The normalized spacial score (nSPS) is 13.2. The Hall–Kier alpha value is -1.33. The van der Waals surface area contributed by atoms with Gasteiger partial charge in [0.25, 0.3) is 0 Å². The highest BCUT2D eigenvalue weighted by molar-refractivity contribution is 9.10. The van der Waals surface area contributed by atoms with Crippen LogP contribution in [0.15, 0.2) is 34.9 Å². The molecule has 114 valence electrons. The zero-order valence-electron chi connectivity index (χ0n) is 13.0.